The summed E-state index contributed by atoms with van der Waals surface area (Å²) in [6.45, 7) is 2.46. The maximum atomic E-state index is 13.1. The number of rotatable bonds is 8. The molecule has 3 aromatic rings. The average Bonchev–Trinajstić information content (AvgIpc) is 3.17. The molecule has 0 unspecified atom stereocenters. The minimum atomic E-state index is -1.04. The van der Waals surface area contributed by atoms with Crippen LogP contribution in [0.25, 0.3) is 6.08 Å². The fourth-order valence-electron chi connectivity index (χ4n) is 3.59. The molecule has 4 rings (SSSR count). The van der Waals surface area contributed by atoms with Gasteiger partial charge in [0, 0.05) is 22.2 Å². The number of aliphatic imine (C=N–C) groups is 1. The number of carbonyl (C=O) groups excluding carboxylic acids is 1. The third kappa shape index (κ3) is 6.35. The Morgan fingerprint density at radius 1 is 1.18 bits per heavy atom. The second kappa shape index (κ2) is 12.3. The molecular formula is C27H21BrCl2N2O5S. The number of carboxylic acid groups (broad SMARTS) is 1. The zero-order valence-corrected chi connectivity index (χ0v) is 24.1. The lowest BCUT2D eigenvalue weighted by molar-refractivity contribution is -0.122. The highest BCUT2D eigenvalue weighted by Gasteiger charge is 2.32. The molecule has 0 atom stereocenters. The van der Waals surface area contributed by atoms with Crippen LogP contribution in [0.3, 0.4) is 0 Å². The van der Waals surface area contributed by atoms with Crippen molar-refractivity contribution < 1.29 is 24.2 Å². The second-order valence-corrected chi connectivity index (χ2v) is 10.7. The number of hydrogen-bond acceptors (Lipinski definition) is 6. The standard InChI is InChI=1S/C27H21BrCl2N2O5S/c1-3-32-25(33)23(38-27(32)31-19-6-4-5-16(12-19)26(34)35)11-15-9-20(28)24(22(10-15)36-2)37-14-17-7-8-18(29)13-21(17)30/h4-13H,3,14H2,1-2H3,(H,34,35)/b23-11+,31-27?. The van der Waals surface area contributed by atoms with E-state index in [9.17, 15) is 14.7 Å². The molecule has 7 nitrogen and oxygen atoms in total. The summed E-state index contributed by atoms with van der Waals surface area (Å²) >= 11 is 17.0. The first kappa shape index (κ1) is 28.0. The van der Waals surface area contributed by atoms with Crippen LogP contribution >= 0.6 is 50.9 Å². The van der Waals surface area contributed by atoms with Crippen molar-refractivity contribution in [3.63, 3.8) is 0 Å². The zero-order chi connectivity index (χ0) is 27.4. The smallest absolute Gasteiger partial charge is 0.335 e. The average molecular weight is 636 g/mol. The van der Waals surface area contributed by atoms with Crippen LogP contribution in [0.4, 0.5) is 5.69 Å². The van der Waals surface area contributed by atoms with Crippen LogP contribution in [-0.2, 0) is 11.4 Å². The van der Waals surface area contributed by atoms with Crippen LogP contribution in [0, 0.1) is 0 Å². The number of thioether (sulfide) groups is 1. The summed E-state index contributed by atoms with van der Waals surface area (Å²) in [5.41, 5.74) is 2.06. The van der Waals surface area contributed by atoms with E-state index in [-0.39, 0.29) is 18.1 Å². The number of aromatic carboxylic acids is 1. The number of amidine groups is 1. The molecule has 1 fully saturated rings. The highest BCUT2D eigenvalue weighted by Crippen LogP contribution is 2.40. The van der Waals surface area contributed by atoms with Crippen LogP contribution in [0.5, 0.6) is 11.5 Å². The van der Waals surface area contributed by atoms with Gasteiger partial charge in [0.25, 0.3) is 5.91 Å². The molecule has 0 spiro atoms. The summed E-state index contributed by atoms with van der Waals surface area (Å²) in [6.07, 6.45) is 1.75. The minimum absolute atomic E-state index is 0.123. The highest BCUT2D eigenvalue weighted by atomic mass is 79.9. The summed E-state index contributed by atoms with van der Waals surface area (Å²) in [6, 6.07) is 15.0. The van der Waals surface area contributed by atoms with E-state index in [1.165, 1.54) is 31.0 Å². The van der Waals surface area contributed by atoms with Gasteiger partial charge in [0.1, 0.15) is 6.61 Å². The van der Waals surface area contributed by atoms with Crippen molar-refractivity contribution >= 4 is 79.7 Å². The predicted molar refractivity (Wildman–Crippen MR) is 155 cm³/mol. The number of carboxylic acids is 1. The lowest BCUT2D eigenvalue weighted by atomic mass is 10.1. The summed E-state index contributed by atoms with van der Waals surface area (Å²) in [4.78, 5) is 31.0. The molecule has 3 aromatic carbocycles. The largest absolute Gasteiger partial charge is 0.493 e. The Balaban J connectivity index is 1.60. The van der Waals surface area contributed by atoms with Crippen molar-refractivity contribution in [1.82, 2.24) is 4.90 Å². The van der Waals surface area contributed by atoms with E-state index in [0.717, 1.165) is 5.56 Å². The maximum absolute atomic E-state index is 13.1. The van der Waals surface area contributed by atoms with Gasteiger partial charge in [-0.15, -0.1) is 0 Å². The highest BCUT2D eigenvalue weighted by molar-refractivity contribution is 9.10. The molecular weight excluding hydrogens is 615 g/mol. The van der Waals surface area contributed by atoms with Crippen LogP contribution in [-0.4, -0.2) is 40.7 Å². The third-order valence-corrected chi connectivity index (χ3v) is 7.64. The number of halogens is 3. The van der Waals surface area contributed by atoms with Gasteiger partial charge in [-0.3, -0.25) is 9.69 Å². The zero-order valence-electron chi connectivity index (χ0n) is 20.2. The van der Waals surface area contributed by atoms with E-state index in [1.54, 1.807) is 47.4 Å². The fourth-order valence-corrected chi connectivity index (χ4v) is 5.69. The number of amides is 1. The lowest BCUT2D eigenvalue weighted by Crippen LogP contribution is -2.28. The van der Waals surface area contributed by atoms with E-state index in [4.69, 9.17) is 32.7 Å². The van der Waals surface area contributed by atoms with Crippen LogP contribution in [0.1, 0.15) is 28.4 Å². The molecule has 1 heterocycles. The number of likely N-dealkylation sites (N-methyl/N-ethyl adjacent to an activating group) is 1. The third-order valence-electron chi connectivity index (χ3n) is 5.46. The van der Waals surface area contributed by atoms with Crippen molar-refractivity contribution in [3.05, 3.63) is 90.7 Å². The molecule has 0 saturated carbocycles. The van der Waals surface area contributed by atoms with Gasteiger partial charge in [0.2, 0.25) is 0 Å². The maximum Gasteiger partial charge on any atom is 0.335 e. The SMILES string of the molecule is CCN1C(=O)/C(=C\c2cc(Br)c(OCc3ccc(Cl)cc3Cl)c(OC)c2)SC1=Nc1cccc(C(=O)O)c1. The van der Waals surface area contributed by atoms with Gasteiger partial charge >= 0.3 is 5.97 Å². The van der Waals surface area contributed by atoms with Gasteiger partial charge in [0.15, 0.2) is 16.7 Å². The van der Waals surface area contributed by atoms with E-state index in [0.29, 0.717) is 53.9 Å². The molecule has 0 radical (unpaired) electrons. The Labute approximate surface area is 242 Å². The van der Waals surface area contributed by atoms with Gasteiger partial charge in [0.05, 0.1) is 27.7 Å². The van der Waals surface area contributed by atoms with Gasteiger partial charge in [-0.1, -0.05) is 35.3 Å². The number of benzene rings is 3. The van der Waals surface area contributed by atoms with Crippen molar-refractivity contribution in [3.8, 4) is 11.5 Å². The first-order chi connectivity index (χ1) is 18.2. The van der Waals surface area contributed by atoms with Crippen LogP contribution in [0.15, 0.2) is 69.0 Å². The van der Waals surface area contributed by atoms with Crippen LogP contribution in [0.2, 0.25) is 10.0 Å². The first-order valence-electron chi connectivity index (χ1n) is 11.3. The van der Waals surface area contributed by atoms with E-state index >= 15 is 0 Å². The second-order valence-electron chi connectivity index (χ2n) is 7.97. The molecule has 0 aromatic heterocycles. The Kier molecular flexibility index (Phi) is 9.04. The van der Waals surface area contributed by atoms with Gasteiger partial charge in [-0.25, -0.2) is 9.79 Å². The van der Waals surface area contributed by atoms with E-state index in [2.05, 4.69) is 20.9 Å². The van der Waals surface area contributed by atoms with E-state index in [1.807, 2.05) is 13.0 Å². The fraction of sp³-hybridized carbons (Fsp3) is 0.148. The molecule has 11 heteroatoms. The molecule has 38 heavy (non-hydrogen) atoms. The minimum Gasteiger partial charge on any atom is -0.493 e. The van der Waals surface area contributed by atoms with Crippen molar-refractivity contribution in [2.45, 2.75) is 13.5 Å². The molecule has 196 valence electrons. The number of hydrogen-bond donors (Lipinski definition) is 1. The normalized spacial score (nSPS) is 15.4. The van der Waals surface area contributed by atoms with Crippen molar-refractivity contribution in [1.29, 1.82) is 0 Å². The number of nitrogens with zero attached hydrogens (tertiary/aromatic N) is 2. The Bertz CT molecular complexity index is 1480. The van der Waals surface area contributed by atoms with Crippen molar-refractivity contribution in [2.24, 2.45) is 4.99 Å². The van der Waals surface area contributed by atoms with Crippen molar-refractivity contribution in [2.75, 3.05) is 13.7 Å². The first-order valence-corrected chi connectivity index (χ1v) is 13.6. The summed E-state index contributed by atoms with van der Waals surface area (Å²) in [7, 11) is 1.53. The Morgan fingerprint density at radius 3 is 2.66 bits per heavy atom. The predicted octanol–water partition coefficient (Wildman–Crippen LogP) is 7.67. The Morgan fingerprint density at radius 2 is 1.97 bits per heavy atom. The molecule has 1 aliphatic heterocycles. The number of methoxy groups -OCH3 is 1. The lowest BCUT2D eigenvalue weighted by Gasteiger charge is -2.14. The monoisotopic (exact) mass is 634 g/mol. The molecule has 1 amide bonds. The summed E-state index contributed by atoms with van der Waals surface area (Å²) in [5.74, 6) is -0.280. The number of carbonyl (C=O) groups is 2. The van der Waals surface area contributed by atoms with E-state index < -0.39 is 5.97 Å². The summed E-state index contributed by atoms with van der Waals surface area (Å²) in [5, 5.41) is 10.8. The van der Waals surface area contributed by atoms with Gasteiger partial charge in [-0.05, 0) is 88.7 Å². The molecule has 1 aliphatic rings. The Hall–Kier alpha value is -2.98. The molecule has 0 aliphatic carbocycles. The van der Waals surface area contributed by atoms with Crippen LogP contribution < -0.4 is 9.47 Å². The summed E-state index contributed by atoms with van der Waals surface area (Å²) < 4.78 is 12.2. The van der Waals surface area contributed by atoms with Gasteiger partial charge in [-0.2, -0.15) is 0 Å². The quantitative estimate of drug-likeness (QED) is 0.256. The molecule has 1 N–H and O–H groups in total. The topological polar surface area (TPSA) is 88.4 Å². The number of ether oxygens (including phenoxy) is 2. The molecule has 0 bridgehead atoms. The van der Waals surface area contributed by atoms with Gasteiger partial charge < -0.3 is 14.6 Å². The molecule has 1 saturated heterocycles.